The SMILES string of the molecule is O=C(c1ccc(I)c(I)c1)C(F)(F)C(F)(F)F. The minimum atomic E-state index is -5.88. The smallest absolute Gasteiger partial charge is 0.287 e. The van der Waals surface area contributed by atoms with Crippen LogP contribution in [0, 0.1) is 7.14 Å². The van der Waals surface area contributed by atoms with Gasteiger partial charge in [0.2, 0.25) is 5.78 Å². The molecule has 8 heteroatoms. The summed E-state index contributed by atoms with van der Waals surface area (Å²) < 4.78 is 62.6. The summed E-state index contributed by atoms with van der Waals surface area (Å²) in [7, 11) is 0. The molecule has 0 unspecified atom stereocenters. The predicted molar refractivity (Wildman–Crippen MR) is 67.2 cm³/mol. The maximum absolute atomic E-state index is 12.8. The second-order valence-electron chi connectivity index (χ2n) is 3.03. The molecule has 0 radical (unpaired) electrons. The predicted octanol–water partition coefficient (Wildman–Crippen LogP) is 4.28. The van der Waals surface area contributed by atoms with E-state index < -0.39 is 23.4 Å². The van der Waals surface area contributed by atoms with E-state index >= 15 is 0 Å². The molecule has 0 saturated heterocycles. The monoisotopic (exact) mass is 476 g/mol. The Bertz CT molecular complexity index is 455. The standard InChI is InChI=1S/C9H3F5I2O/c10-8(11,9(12,13)14)7(17)4-1-2-5(15)6(16)3-4/h1-3H. The van der Waals surface area contributed by atoms with Gasteiger partial charge < -0.3 is 0 Å². The van der Waals surface area contributed by atoms with Crippen LogP contribution in [-0.4, -0.2) is 17.9 Å². The molecule has 0 atom stereocenters. The van der Waals surface area contributed by atoms with Gasteiger partial charge in [0.25, 0.3) is 0 Å². The van der Waals surface area contributed by atoms with Crippen LogP contribution in [-0.2, 0) is 0 Å². The quantitative estimate of drug-likeness (QED) is 0.354. The molecule has 1 rings (SSSR count). The molecule has 0 aliphatic rings. The van der Waals surface area contributed by atoms with Crippen LogP contribution >= 0.6 is 45.2 Å². The number of Topliss-reactive ketones (excluding diaryl/α,β-unsaturated/α-hetero) is 1. The first kappa shape index (κ1) is 15.1. The number of benzene rings is 1. The molecule has 17 heavy (non-hydrogen) atoms. The molecular formula is C9H3F5I2O. The van der Waals surface area contributed by atoms with E-state index in [1.54, 1.807) is 22.6 Å². The summed E-state index contributed by atoms with van der Waals surface area (Å²) in [6.45, 7) is 0. The summed E-state index contributed by atoms with van der Waals surface area (Å²) in [4.78, 5) is 11.1. The molecular weight excluding hydrogens is 473 g/mol. The molecule has 0 spiro atoms. The molecule has 0 N–H and O–H groups in total. The molecule has 0 fully saturated rings. The van der Waals surface area contributed by atoms with Crippen molar-refractivity contribution in [3.8, 4) is 0 Å². The van der Waals surface area contributed by atoms with Crippen molar-refractivity contribution >= 4 is 51.0 Å². The van der Waals surface area contributed by atoms with Gasteiger partial charge in [-0.15, -0.1) is 0 Å². The fourth-order valence-electron chi connectivity index (χ4n) is 0.947. The normalized spacial score (nSPS) is 12.6. The minimum absolute atomic E-state index is 0.437. The van der Waals surface area contributed by atoms with E-state index in [9.17, 15) is 26.7 Å². The van der Waals surface area contributed by atoms with Crippen LogP contribution in [0.2, 0.25) is 0 Å². The molecule has 0 saturated carbocycles. The van der Waals surface area contributed by atoms with Crippen LogP contribution in [0.4, 0.5) is 22.0 Å². The number of alkyl halides is 5. The Morgan fingerprint density at radius 3 is 1.94 bits per heavy atom. The maximum atomic E-state index is 12.8. The van der Waals surface area contributed by atoms with Crippen LogP contribution in [0.5, 0.6) is 0 Å². The lowest BCUT2D eigenvalue weighted by Gasteiger charge is -2.18. The Kier molecular flexibility index (Phi) is 4.37. The zero-order chi connectivity index (χ0) is 13.4. The first-order valence-electron chi connectivity index (χ1n) is 4.02. The first-order valence-corrected chi connectivity index (χ1v) is 6.17. The zero-order valence-electron chi connectivity index (χ0n) is 7.79. The molecule has 94 valence electrons. The van der Waals surface area contributed by atoms with E-state index in [1.807, 2.05) is 22.6 Å². The van der Waals surface area contributed by atoms with Crippen molar-refractivity contribution in [2.75, 3.05) is 0 Å². The van der Waals surface area contributed by atoms with Crippen molar-refractivity contribution in [2.45, 2.75) is 12.1 Å². The zero-order valence-corrected chi connectivity index (χ0v) is 12.1. The highest BCUT2D eigenvalue weighted by atomic mass is 127. The third-order valence-electron chi connectivity index (χ3n) is 1.82. The Labute approximate surface area is 120 Å². The molecule has 0 bridgehead atoms. The van der Waals surface area contributed by atoms with Crippen molar-refractivity contribution < 1.29 is 26.7 Å². The summed E-state index contributed by atoms with van der Waals surface area (Å²) in [5.41, 5.74) is -0.655. The van der Waals surface area contributed by atoms with Crippen molar-refractivity contribution in [3.05, 3.63) is 30.9 Å². The van der Waals surface area contributed by atoms with E-state index in [4.69, 9.17) is 0 Å². The number of hydrogen-bond acceptors (Lipinski definition) is 1. The van der Waals surface area contributed by atoms with E-state index in [-0.39, 0.29) is 0 Å². The van der Waals surface area contributed by atoms with Gasteiger partial charge in [-0.25, -0.2) is 0 Å². The second-order valence-corrected chi connectivity index (χ2v) is 5.35. The Morgan fingerprint density at radius 2 is 1.53 bits per heavy atom. The van der Waals surface area contributed by atoms with Crippen LogP contribution in [0.25, 0.3) is 0 Å². The van der Waals surface area contributed by atoms with Gasteiger partial charge in [-0.1, -0.05) is 6.07 Å². The van der Waals surface area contributed by atoms with Crippen LogP contribution in [0.15, 0.2) is 18.2 Å². The van der Waals surface area contributed by atoms with E-state index in [0.717, 1.165) is 12.1 Å². The van der Waals surface area contributed by atoms with Crippen LogP contribution < -0.4 is 0 Å². The van der Waals surface area contributed by atoms with Crippen molar-refractivity contribution in [3.63, 3.8) is 0 Å². The Morgan fingerprint density at radius 1 is 1.00 bits per heavy atom. The summed E-state index contributed by atoms with van der Waals surface area (Å²) in [6, 6.07) is 3.26. The first-order chi connectivity index (χ1) is 7.57. The highest BCUT2D eigenvalue weighted by molar-refractivity contribution is 14.1. The highest BCUT2D eigenvalue weighted by Crippen LogP contribution is 2.38. The average Bonchev–Trinajstić information content (AvgIpc) is 2.19. The van der Waals surface area contributed by atoms with Gasteiger partial charge in [-0.2, -0.15) is 22.0 Å². The van der Waals surface area contributed by atoms with Gasteiger partial charge in [-0.3, -0.25) is 4.79 Å². The lowest BCUT2D eigenvalue weighted by atomic mass is 10.1. The van der Waals surface area contributed by atoms with E-state index in [2.05, 4.69) is 0 Å². The number of hydrogen-bond donors (Lipinski definition) is 0. The molecule has 1 aromatic carbocycles. The maximum Gasteiger partial charge on any atom is 0.461 e. The van der Waals surface area contributed by atoms with E-state index in [0.29, 0.717) is 7.14 Å². The van der Waals surface area contributed by atoms with Gasteiger partial charge in [0.1, 0.15) is 0 Å². The topological polar surface area (TPSA) is 17.1 Å². The lowest BCUT2D eigenvalue weighted by Crippen LogP contribution is -2.44. The van der Waals surface area contributed by atoms with Gasteiger partial charge in [0.05, 0.1) is 0 Å². The fourth-order valence-corrected chi connectivity index (χ4v) is 1.80. The van der Waals surface area contributed by atoms with Gasteiger partial charge in [0, 0.05) is 12.7 Å². The van der Waals surface area contributed by atoms with Crippen molar-refractivity contribution in [1.82, 2.24) is 0 Å². The van der Waals surface area contributed by atoms with E-state index in [1.165, 1.54) is 6.07 Å². The number of ketones is 1. The summed E-state index contributed by atoms with van der Waals surface area (Å²) in [6.07, 6.45) is -5.88. The largest absolute Gasteiger partial charge is 0.461 e. The summed E-state index contributed by atoms with van der Waals surface area (Å²) in [5.74, 6) is -7.60. The van der Waals surface area contributed by atoms with Crippen molar-refractivity contribution in [2.24, 2.45) is 0 Å². The molecule has 0 heterocycles. The lowest BCUT2D eigenvalue weighted by molar-refractivity contribution is -0.255. The fraction of sp³-hybridized carbons (Fsp3) is 0.222. The molecule has 0 aromatic heterocycles. The minimum Gasteiger partial charge on any atom is -0.287 e. The Hall–Kier alpha value is -0.000000000000000167. The summed E-state index contributed by atoms with van der Waals surface area (Å²) in [5, 5.41) is 0. The third-order valence-corrected chi connectivity index (χ3v) is 4.69. The van der Waals surface area contributed by atoms with Crippen LogP contribution in [0.1, 0.15) is 10.4 Å². The molecule has 1 nitrogen and oxygen atoms in total. The van der Waals surface area contributed by atoms with Gasteiger partial charge in [-0.05, 0) is 57.3 Å². The number of rotatable bonds is 2. The molecule has 1 aromatic rings. The van der Waals surface area contributed by atoms with Gasteiger partial charge >= 0.3 is 12.1 Å². The number of carbonyl (C=O) groups is 1. The summed E-state index contributed by atoms with van der Waals surface area (Å²) >= 11 is 3.62. The number of halogens is 7. The van der Waals surface area contributed by atoms with Crippen LogP contribution in [0.3, 0.4) is 0 Å². The third kappa shape index (κ3) is 3.06. The second kappa shape index (κ2) is 4.94. The molecule has 0 aliphatic carbocycles. The molecule has 0 aliphatic heterocycles. The highest BCUT2D eigenvalue weighted by Gasteiger charge is 2.63. The molecule has 0 amide bonds. The number of carbonyl (C=O) groups excluding carboxylic acids is 1. The van der Waals surface area contributed by atoms with Crippen molar-refractivity contribution in [1.29, 1.82) is 0 Å². The average molecular weight is 476 g/mol. The Balaban J connectivity index is 3.17. The van der Waals surface area contributed by atoms with Gasteiger partial charge in [0.15, 0.2) is 0 Å².